The molecule has 0 radical (unpaired) electrons. The van der Waals surface area contributed by atoms with Crippen molar-refractivity contribution in [1.82, 2.24) is 9.55 Å². The zero-order valence-corrected chi connectivity index (χ0v) is 10.9. The van der Waals surface area contributed by atoms with E-state index in [1.807, 2.05) is 12.1 Å². The Morgan fingerprint density at radius 3 is 2.95 bits per heavy atom. The number of rotatable bonds is 4. The van der Waals surface area contributed by atoms with Crippen LogP contribution in [0.2, 0.25) is 5.02 Å². The van der Waals surface area contributed by atoms with Gasteiger partial charge in [0, 0.05) is 25.1 Å². The summed E-state index contributed by atoms with van der Waals surface area (Å²) >= 11 is 5.92. The number of hydrogen-bond donors (Lipinski definition) is 2. The maximum Gasteiger partial charge on any atom is 0.252 e. The number of carbonyl (C=O) groups is 1. The number of primary amides is 1. The SMILES string of the molecule is N=c1c(C(N)=O)cc(Cl)cn1CCc1cccnc1. The average molecular weight is 277 g/mol. The monoisotopic (exact) mass is 276 g/mol. The van der Waals surface area contributed by atoms with E-state index >= 15 is 0 Å². The fourth-order valence-corrected chi connectivity index (χ4v) is 2.00. The maximum atomic E-state index is 11.2. The lowest BCUT2D eigenvalue weighted by Gasteiger charge is -2.09. The minimum Gasteiger partial charge on any atom is -0.365 e. The van der Waals surface area contributed by atoms with Gasteiger partial charge in [0.2, 0.25) is 0 Å². The van der Waals surface area contributed by atoms with E-state index in [2.05, 4.69) is 4.98 Å². The lowest BCUT2D eigenvalue weighted by atomic mass is 10.2. The van der Waals surface area contributed by atoms with Crippen molar-refractivity contribution in [3.63, 3.8) is 0 Å². The van der Waals surface area contributed by atoms with Crippen molar-refractivity contribution in [2.24, 2.45) is 5.73 Å². The predicted octanol–water partition coefficient (Wildman–Crippen LogP) is 1.36. The molecule has 2 aromatic heterocycles. The Hall–Kier alpha value is -2.14. The van der Waals surface area contributed by atoms with E-state index in [4.69, 9.17) is 22.7 Å². The molecule has 0 fully saturated rings. The highest BCUT2D eigenvalue weighted by Crippen LogP contribution is 2.08. The van der Waals surface area contributed by atoms with Crippen molar-refractivity contribution in [2.45, 2.75) is 13.0 Å². The third kappa shape index (κ3) is 3.20. The molecule has 1 amide bonds. The molecule has 2 heterocycles. The highest BCUT2D eigenvalue weighted by molar-refractivity contribution is 6.30. The topological polar surface area (TPSA) is 84.8 Å². The van der Waals surface area contributed by atoms with Crippen LogP contribution in [0.4, 0.5) is 0 Å². The van der Waals surface area contributed by atoms with Gasteiger partial charge in [-0.3, -0.25) is 15.2 Å². The summed E-state index contributed by atoms with van der Waals surface area (Å²) in [6.45, 7) is 0.533. The Morgan fingerprint density at radius 1 is 1.53 bits per heavy atom. The van der Waals surface area contributed by atoms with Crippen molar-refractivity contribution in [3.8, 4) is 0 Å². The van der Waals surface area contributed by atoms with Gasteiger partial charge in [-0.15, -0.1) is 0 Å². The lowest BCUT2D eigenvalue weighted by Crippen LogP contribution is -2.30. The molecule has 2 rings (SSSR count). The van der Waals surface area contributed by atoms with Gasteiger partial charge in [0.15, 0.2) is 0 Å². The summed E-state index contributed by atoms with van der Waals surface area (Å²) in [5.74, 6) is -0.650. The van der Waals surface area contributed by atoms with Crippen molar-refractivity contribution < 1.29 is 4.79 Å². The fraction of sp³-hybridized carbons (Fsp3) is 0.154. The van der Waals surface area contributed by atoms with Crippen LogP contribution in [0.5, 0.6) is 0 Å². The molecule has 6 heteroatoms. The molecule has 0 atom stereocenters. The second kappa shape index (κ2) is 5.67. The second-order valence-corrected chi connectivity index (χ2v) is 4.53. The van der Waals surface area contributed by atoms with Gasteiger partial charge in [0.25, 0.3) is 5.91 Å². The Bertz CT molecular complexity index is 651. The second-order valence-electron chi connectivity index (χ2n) is 4.09. The van der Waals surface area contributed by atoms with Crippen molar-refractivity contribution in [2.75, 3.05) is 0 Å². The molecular weight excluding hydrogens is 264 g/mol. The molecule has 0 aliphatic carbocycles. The van der Waals surface area contributed by atoms with Crippen molar-refractivity contribution >= 4 is 17.5 Å². The molecule has 2 aromatic rings. The summed E-state index contributed by atoms with van der Waals surface area (Å²) in [7, 11) is 0. The number of halogens is 1. The van der Waals surface area contributed by atoms with Crippen LogP contribution in [0.25, 0.3) is 0 Å². The first-order valence-electron chi connectivity index (χ1n) is 5.71. The Labute approximate surface area is 115 Å². The number of aryl methyl sites for hydroxylation is 2. The van der Waals surface area contributed by atoms with Crippen LogP contribution in [0.3, 0.4) is 0 Å². The summed E-state index contributed by atoms with van der Waals surface area (Å²) in [4.78, 5) is 15.2. The van der Waals surface area contributed by atoms with Crippen molar-refractivity contribution in [3.05, 3.63) is 58.4 Å². The number of amides is 1. The van der Waals surface area contributed by atoms with Crippen molar-refractivity contribution in [1.29, 1.82) is 5.41 Å². The number of nitrogens with two attached hydrogens (primary N) is 1. The van der Waals surface area contributed by atoms with Gasteiger partial charge in [0.05, 0.1) is 10.6 Å². The number of carbonyl (C=O) groups excluding carboxylic acids is 1. The van der Waals surface area contributed by atoms with E-state index in [9.17, 15) is 4.79 Å². The van der Waals surface area contributed by atoms with E-state index < -0.39 is 5.91 Å². The van der Waals surface area contributed by atoms with E-state index in [0.29, 0.717) is 18.0 Å². The van der Waals surface area contributed by atoms with E-state index in [1.165, 1.54) is 6.07 Å². The van der Waals surface area contributed by atoms with Crippen LogP contribution in [-0.2, 0) is 13.0 Å². The minimum atomic E-state index is -0.650. The largest absolute Gasteiger partial charge is 0.365 e. The van der Waals surface area contributed by atoms with Gasteiger partial charge in [-0.25, -0.2) is 0 Å². The predicted molar refractivity (Wildman–Crippen MR) is 71.8 cm³/mol. The van der Waals surface area contributed by atoms with Gasteiger partial charge >= 0.3 is 0 Å². The fourth-order valence-electron chi connectivity index (χ4n) is 1.77. The van der Waals surface area contributed by atoms with Crippen LogP contribution in [0.1, 0.15) is 15.9 Å². The van der Waals surface area contributed by atoms with Gasteiger partial charge < -0.3 is 10.3 Å². The third-order valence-electron chi connectivity index (χ3n) is 2.73. The Kier molecular flexibility index (Phi) is 3.97. The summed E-state index contributed by atoms with van der Waals surface area (Å²) in [5.41, 5.74) is 6.46. The van der Waals surface area contributed by atoms with Crippen LogP contribution in [-0.4, -0.2) is 15.5 Å². The summed E-state index contributed by atoms with van der Waals surface area (Å²) in [6.07, 6.45) is 5.79. The van der Waals surface area contributed by atoms with Crippen LogP contribution in [0, 0.1) is 5.41 Å². The summed E-state index contributed by atoms with van der Waals surface area (Å²) < 4.78 is 1.61. The highest BCUT2D eigenvalue weighted by atomic mass is 35.5. The molecule has 0 unspecified atom stereocenters. The van der Waals surface area contributed by atoms with Crippen LogP contribution in [0.15, 0.2) is 36.8 Å². The summed E-state index contributed by atoms with van der Waals surface area (Å²) in [6, 6.07) is 5.22. The molecule has 0 aromatic carbocycles. The van der Waals surface area contributed by atoms with Gasteiger partial charge in [0.1, 0.15) is 5.49 Å². The molecule has 19 heavy (non-hydrogen) atoms. The first kappa shape index (κ1) is 13.3. The number of nitrogens with one attached hydrogen (secondary N) is 1. The quantitative estimate of drug-likeness (QED) is 0.883. The first-order valence-corrected chi connectivity index (χ1v) is 6.09. The number of hydrogen-bond acceptors (Lipinski definition) is 3. The molecule has 0 bridgehead atoms. The van der Waals surface area contributed by atoms with Gasteiger partial charge in [-0.05, 0) is 24.1 Å². The molecule has 3 N–H and O–H groups in total. The Balaban J connectivity index is 2.26. The van der Waals surface area contributed by atoms with Crippen LogP contribution < -0.4 is 11.2 Å². The zero-order chi connectivity index (χ0) is 13.8. The maximum absolute atomic E-state index is 11.2. The Morgan fingerprint density at radius 2 is 2.32 bits per heavy atom. The van der Waals surface area contributed by atoms with Crippen LogP contribution >= 0.6 is 11.6 Å². The molecular formula is C13H13ClN4O. The third-order valence-corrected chi connectivity index (χ3v) is 2.94. The number of nitrogens with zero attached hydrogens (tertiary/aromatic N) is 2. The van der Waals surface area contributed by atoms with E-state index in [0.717, 1.165) is 5.56 Å². The molecule has 0 spiro atoms. The van der Waals surface area contributed by atoms with Gasteiger partial charge in [-0.1, -0.05) is 17.7 Å². The molecule has 0 saturated heterocycles. The molecule has 0 aliphatic heterocycles. The lowest BCUT2D eigenvalue weighted by molar-refractivity contribution is 0.0997. The molecule has 0 aliphatic rings. The highest BCUT2D eigenvalue weighted by Gasteiger charge is 2.08. The molecule has 5 nitrogen and oxygen atoms in total. The molecule has 98 valence electrons. The average Bonchev–Trinajstić information content (AvgIpc) is 2.40. The normalized spacial score (nSPS) is 10.4. The molecule has 0 saturated carbocycles. The first-order chi connectivity index (χ1) is 9.08. The smallest absolute Gasteiger partial charge is 0.252 e. The van der Waals surface area contributed by atoms with E-state index in [1.54, 1.807) is 23.2 Å². The number of aromatic nitrogens is 2. The standard InChI is InChI=1S/C13H13ClN4O/c14-10-6-11(13(16)19)12(15)18(8-10)5-3-9-2-1-4-17-7-9/h1-2,4,6-8,15H,3,5H2,(H2,16,19). The zero-order valence-electron chi connectivity index (χ0n) is 10.1. The van der Waals surface area contributed by atoms with Gasteiger partial charge in [-0.2, -0.15) is 0 Å². The van der Waals surface area contributed by atoms with E-state index in [-0.39, 0.29) is 11.1 Å². The summed E-state index contributed by atoms with van der Waals surface area (Å²) in [5, 5.41) is 8.31. The minimum absolute atomic E-state index is 0.0702. The number of pyridine rings is 2.